The summed E-state index contributed by atoms with van der Waals surface area (Å²) < 4.78 is 1.97. The number of carbonyl (C=O) groups excluding carboxylic acids is 1. The first-order valence-corrected chi connectivity index (χ1v) is 8.27. The molecule has 0 atom stereocenters. The Bertz CT molecular complexity index is 471. The van der Waals surface area contributed by atoms with Crippen molar-refractivity contribution in [2.45, 2.75) is 18.9 Å². The van der Waals surface area contributed by atoms with Crippen molar-refractivity contribution in [2.24, 2.45) is 0 Å². The van der Waals surface area contributed by atoms with Gasteiger partial charge in [-0.3, -0.25) is 4.79 Å². The molecule has 5 heteroatoms. The molecule has 19 heavy (non-hydrogen) atoms. The van der Waals surface area contributed by atoms with E-state index in [-0.39, 0.29) is 5.91 Å². The number of nitrogens with zero attached hydrogens (tertiary/aromatic N) is 2. The average molecular weight is 437 g/mol. The first kappa shape index (κ1) is 15.3. The normalized spacial score (nSPS) is 17.0. The van der Waals surface area contributed by atoms with Gasteiger partial charge >= 0.3 is 0 Å². The van der Waals surface area contributed by atoms with Gasteiger partial charge in [-0.05, 0) is 83.7 Å². The Morgan fingerprint density at radius 3 is 2.58 bits per heavy atom. The molecule has 0 saturated carbocycles. The standard InChI is InChI=1S/C14H18BrIN2O/c1-17(2)11-5-7-18(8-6-11)14(19)12-9-10(16)3-4-13(12)15/h3-4,9,11H,5-8H2,1-2H3. The van der Waals surface area contributed by atoms with E-state index in [0.29, 0.717) is 6.04 Å². The highest BCUT2D eigenvalue weighted by Gasteiger charge is 2.25. The fourth-order valence-corrected chi connectivity index (χ4v) is 3.32. The van der Waals surface area contributed by atoms with E-state index < -0.39 is 0 Å². The molecule has 0 aromatic heterocycles. The zero-order chi connectivity index (χ0) is 14.0. The number of rotatable bonds is 2. The van der Waals surface area contributed by atoms with Gasteiger partial charge in [0.1, 0.15) is 0 Å². The fourth-order valence-electron chi connectivity index (χ4n) is 2.42. The van der Waals surface area contributed by atoms with Gasteiger partial charge in [-0.15, -0.1) is 0 Å². The van der Waals surface area contributed by atoms with Crippen LogP contribution in [0.3, 0.4) is 0 Å². The number of carbonyl (C=O) groups is 1. The van der Waals surface area contributed by atoms with E-state index in [1.165, 1.54) is 0 Å². The van der Waals surface area contributed by atoms with E-state index in [0.717, 1.165) is 39.5 Å². The molecule has 0 aliphatic carbocycles. The van der Waals surface area contributed by atoms with Crippen molar-refractivity contribution in [1.82, 2.24) is 9.80 Å². The van der Waals surface area contributed by atoms with Crippen LogP contribution in [-0.2, 0) is 0 Å². The number of piperidine rings is 1. The predicted molar refractivity (Wildman–Crippen MR) is 89.5 cm³/mol. The first-order valence-electron chi connectivity index (χ1n) is 6.40. The Hall–Kier alpha value is -0.140. The van der Waals surface area contributed by atoms with Gasteiger partial charge in [0.25, 0.3) is 5.91 Å². The predicted octanol–water partition coefficient (Wildman–Crippen LogP) is 3.22. The van der Waals surface area contributed by atoms with E-state index in [4.69, 9.17) is 0 Å². The van der Waals surface area contributed by atoms with Crippen LogP contribution in [0.2, 0.25) is 0 Å². The molecular formula is C14H18BrIN2O. The lowest BCUT2D eigenvalue weighted by atomic mass is 10.0. The molecule has 0 radical (unpaired) electrons. The highest BCUT2D eigenvalue weighted by molar-refractivity contribution is 14.1. The van der Waals surface area contributed by atoms with Crippen LogP contribution < -0.4 is 0 Å². The maximum absolute atomic E-state index is 12.5. The third-order valence-electron chi connectivity index (χ3n) is 3.64. The Balaban J connectivity index is 2.07. The molecule has 1 aromatic rings. The van der Waals surface area contributed by atoms with E-state index in [1.54, 1.807) is 0 Å². The van der Waals surface area contributed by atoms with Crippen LogP contribution >= 0.6 is 38.5 Å². The second-order valence-corrected chi connectivity index (χ2v) is 7.21. The molecular weight excluding hydrogens is 419 g/mol. The Kier molecular flexibility index (Phi) is 5.25. The third-order valence-corrected chi connectivity index (χ3v) is 5.00. The number of hydrogen-bond acceptors (Lipinski definition) is 2. The largest absolute Gasteiger partial charge is 0.338 e. The van der Waals surface area contributed by atoms with E-state index >= 15 is 0 Å². The molecule has 1 aliphatic rings. The lowest BCUT2D eigenvalue weighted by molar-refractivity contribution is 0.0662. The van der Waals surface area contributed by atoms with Crippen molar-refractivity contribution in [3.63, 3.8) is 0 Å². The van der Waals surface area contributed by atoms with Crippen LogP contribution in [0.25, 0.3) is 0 Å². The summed E-state index contributed by atoms with van der Waals surface area (Å²) in [6.07, 6.45) is 2.11. The van der Waals surface area contributed by atoms with Crippen molar-refractivity contribution in [1.29, 1.82) is 0 Å². The van der Waals surface area contributed by atoms with Crippen molar-refractivity contribution >= 4 is 44.4 Å². The minimum Gasteiger partial charge on any atom is -0.338 e. The van der Waals surface area contributed by atoms with Gasteiger partial charge in [0, 0.05) is 27.2 Å². The number of benzene rings is 1. The van der Waals surface area contributed by atoms with Crippen LogP contribution in [0.1, 0.15) is 23.2 Å². The first-order chi connectivity index (χ1) is 8.99. The summed E-state index contributed by atoms with van der Waals surface area (Å²) in [6, 6.07) is 6.50. The van der Waals surface area contributed by atoms with E-state index in [9.17, 15) is 4.79 Å². The van der Waals surface area contributed by atoms with Crippen LogP contribution in [0.4, 0.5) is 0 Å². The monoisotopic (exact) mass is 436 g/mol. The van der Waals surface area contributed by atoms with Gasteiger partial charge in [0.2, 0.25) is 0 Å². The minimum absolute atomic E-state index is 0.141. The fraction of sp³-hybridized carbons (Fsp3) is 0.500. The van der Waals surface area contributed by atoms with Crippen LogP contribution in [-0.4, -0.2) is 48.9 Å². The molecule has 3 nitrogen and oxygen atoms in total. The summed E-state index contributed by atoms with van der Waals surface area (Å²) in [4.78, 5) is 16.7. The summed E-state index contributed by atoms with van der Waals surface area (Å²) in [6.45, 7) is 1.69. The zero-order valence-electron chi connectivity index (χ0n) is 11.2. The van der Waals surface area contributed by atoms with Gasteiger partial charge in [-0.25, -0.2) is 0 Å². The smallest absolute Gasteiger partial charge is 0.255 e. The van der Waals surface area contributed by atoms with Gasteiger partial charge < -0.3 is 9.80 Å². The zero-order valence-corrected chi connectivity index (χ0v) is 14.9. The molecule has 1 heterocycles. The number of halogens is 2. The van der Waals surface area contributed by atoms with Gasteiger partial charge in [0.15, 0.2) is 0 Å². The van der Waals surface area contributed by atoms with Crippen molar-refractivity contribution in [3.8, 4) is 0 Å². The lowest BCUT2D eigenvalue weighted by Crippen LogP contribution is -2.44. The third kappa shape index (κ3) is 3.70. The molecule has 1 saturated heterocycles. The van der Waals surface area contributed by atoms with E-state index in [2.05, 4.69) is 57.5 Å². The molecule has 1 aromatic carbocycles. The maximum Gasteiger partial charge on any atom is 0.255 e. The Morgan fingerprint density at radius 1 is 1.37 bits per heavy atom. The number of amides is 1. The van der Waals surface area contributed by atoms with Crippen LogP contribution in [0, 0.1) is 3.57 Å². The van der Waals surface area contributed by atoms with Crippen molar-refractivity contribution < 1.29 is 4.79 Å². The molecule has 0 unspecified atom stereocenters. The summed E-state index contributed by atoms with van der Waals surface area (Å²) in [5, 5.41) is 0. The SMILES string of the molecule is CN(C)C1CCN(C(=O)c2cc(I)ccc2Br)CC1. The summed E-state index contributed by atoms with van der Waals surface area (Å²) >= 11 is 5.71. The molecule has 0 bridgehead atoms. The van der Waals surface area contributed by atoms with Gasteiger partial charge in [-0.2, -0.15) is 0 Å². The van der Waals surface area contributed by atoms with Gasteiger partial charge in [-0.1, -0.05) is 0 Å². The lowest BCUT2D eigenvalue weighted by Gasteiger charge is -2.35. The molecule has 1 fully saturated rings. The second-order valence-electron chi connectivity index (χ2n) is 5.11. The number of likely N-dealkylation sites (tertiary alicyclic amines) is 1. The Labute approximate surface area is 136 Å². The summed E-state index contributed by atoms with van der Waals surface area (Å²) in [7, 11) is 4.22. The quantitative estimate of drug-likeness (QED) is 0.664. The highest BCUT2D eigenvalue weighted by Crippen LogP contribution is 2.23. The average Bonchev–Trinajstić information content (AvgIpc) is 2.41. The minimum atomic E-state index is 0.141. The summed E-state index contributed by atoms with van der Waals surface area (Å²) in [5.41, 5.74) is 0.773. The van der Waals surface area contributed by atoms with Gasteiger partial charge in [0.05, 0.1) is 5.56 Å². The van der Waals surface area contributed by atoms with Crippen LogP contribution in [0.5, 0.6) is 0 Å². The molecule has 104 valence electrons. The second kappa shape index (κ2) is 6.54. The topological polar surface area (TPSA) is 23.6 Å². The summed E-state index contributed by atoms with van der Waals surface area (Å²) in [5.74, 6) is 0.141. The van der Waals surface area contributed by atoms with E-state index in [1.807, 2.05) is 23.1 Å². The van der Waals surface area contributed by atoms with Crippen LogP contribution in [0.15, 0.2) is 22.7 Å². The maximum atomic E-state index is 12.5. The Morgan fingerprint density at radius 2 is 2.00 bits per heavy atom. The highest BCUT2D eigenvalue weighted by atomic mass is 127. The molecule has 2 rings (SSSR count). The molecule has 0 spiro atoms. The molecule has 0 N–H and O–H groups in total. The van der Waals surface area contributed by atoms with Crippen molar-refractivity contribution in [2.75, 3.05) is 27.2 Å². The van der Waals surface area contributed by atoms with Crippen molar-refractivity contribution in [3.05, 3.63) is 31.8 Å². The molecule has 1 amide bonds. The number of hydrogen-bond donors (Lipinski definition) is 0. The molecule has 1 aliphatic heterocycles.